The maximum absolute atomic E-state index is 14.2. The second kappa shape index (κ2) is 7.28. The van der Waals surface area contributed by atoms with E-state index in [2.05, 4.69) is 4.74 Å². The number of halogens is 4. The normalized spacial score (nSPS) is 12.2. The standard InChI is InChI=1S/C17H12F4N2O4S2/c1-9-2-4-11(7-14(9)27-17(19,20)21)23-13(8-28-16(23)24)10-3-5-15(12(18)6-10)29(22,25)26/h2-8H,1H3,(H2,22,25,26). The molecule has 0 bridgehead atoms. The van der Waals surface area contributed by atoms with Gasteiger partial charge in [0.05, 0.1) is 11.4 Å². The molecule has 12 heteroatoms. The van der Waals surface area contributed by atoms with Crippen LogP contribution in [0.2, 0.25) is 0 Å². The van der Waals surface area contributed by atoms with Crippen LogP contribution in [0.4, 0.5) is 17.6 Å². The number of sulfonamides is 1. The highest BCUT2D eigenvalue weighted by molar-refractivity contribution is 7.89. The number of alkyl halides is 3. The van der Waals surface area contributed by atoms with E-state index in [9.17, 15) is 30.8 Å². The zero-order valence-electron chi connectivity index (χ0n) is 14.5. The first-order valence-corrected chi connectivity index (χ1v) is 10.2. The van der Waals surface area contributed by atoms with Crippen molar-refractivity contribution in [3.63, 3.8) is 0 Å². The highest BCUT2D eigenvalue weighted by atomic mass is 32.2. The Bertz CT molecular complexity index is 1250. The van der Waals surface area contributed by atoms with Gasteiger partial charge in [0, 0.05) is 17.0 Å². The summed E-state index contributed by atoms with van der Waals surface area (Å²) in [5.41, 5.74) is 0.542. The molecule has 0 aliphatic carbocycles. The minimum absolute atomic E-state index is 0.0621. The molecule has 0 saturated heterocycles. The zero-order chi connectivity index (χ0) is 21.6. The lowest BCUT2D eigenvalue weighted by Crippen LogP contribution is -2.18. The van der Waals surface area contributed by atoms with E-state index in [0.717, 1.165) is 34.1 Å². The summed E-state index contributed by atoms with van der Waals surface area (Å²) in [5, 5.41) is 6.30. The topological polar surface area (TPSA) is 91.4 Å². The quantitative estimate of drug-likeness (QED) is 0.618. The average molecular weight is 448 g/mol. The van der Waals surface area contributed by atoms with Crippen LogP contribution in [0.15, 0.2) is 51.5 Å². The Morgan fingerprint density at radius 3 is 2.41 bits per heavy atom. The molecule has 3 rings (SSSR count). The van der Waals surface area contributed by atoms with Crippen LogP contribution in [-0.2, 0) is 10.0 Å². The monoisotopic (exact) mass is 448 g/mol. The Balaban J connectivity index is 2.14. The third-order valence-corrected chi connectivity index (χ3v) is 5.55. The van der Waals surface area contributed by atoms with Crippen LogP contribution in [0, 0.1) is 12.7 Å². The van der Waals surface area contributed by atoms with Crippen molar-refractivity contribution < 1.29 is 30.7 Å². The number of hydrogen-bond acceptors (Lipinski definition) is 5. The fourth-order valence-corrected chi connectivity index (χ4v) is 3.96. The maximum atomic E-state index is 14.2. The van der Waals surface area contributed by atoms with Gasteiger partial charge in [-0.15, -0.1) is 13.2 Å². The molecule has 1 heterocycles. The van der Waals surface area contributed by atoms with Crippen molar-refractivity contribution in [3.05, 3.63) is 62.8 Å². The minimum Gasteiger partial charge on any atom is -0.405 e. The lowest BCUT2D eigenvalue weighted by atomic mass is 10.1. The van der Waals surface area contributed by atoms with Crippen LogP contribution in [0.1, 0.15) is 5.56 Å². The van der Waals surface area contributed by atoms with Crippen molar-refractivity contribution in [3.8, 4) is 22.7 Å². The number of nitrogens with zero attached hydrogens (tertiary/aromatic N) is 1. The fraction of sp³-hybridized carbons (Fsp3) is 0.118. The molecule has 0 spiro atoms. The first-order valence-electron chi connectivity index (χ1n) is 7.77. The summed E-state index contributed by atoms with van der Waals surface area (Å²) in [5.74, 6) is -1.62. The molecule has 0 aliphatic rings. The predicted molar refractivity (Wildman–Crippen MR) is 98.1 cm³/mol. The van der Waals surface area contributed by atoms with E-state index in [1.54, 1.807) is 0 Å². The number of hydrogen-bond donors (Lipinski definition) is 1. The van der Waals surface area contributed by atoms with E-state index in [1.807, 2.05) is 0 Å². The van der Waals surface area contributed by atoms with Crippen LogP contribution in [0.3, 0.4) is 0 Å². The summed E-state index contributed by atoms with van der Waals surface area (Å²) in [6, 6.07) is 6.84. The van der Waals surface area contributed by atoms with E-state index in [1.165, 1.54) is 30.5 Å². The molecule has 2 N–H and O–H groups in total. The maximum Gasteiger partial charge on any atom is 0.573 e. The molecule has 0 aliphatic heterocycles. The Morgan fingerprint density at radius 1 is 1.14 bits per heavy atom. The molecule has 3 aromatic rings. The fourth-order valence-electron chi connectivity index (χ4n) is 2.61. The Morgan fingerprint density at radius 2 is 1.83 bits per heavy atom. The van der Waals surface area contributed by atoms with Gasteiger partial charge in [0.25, 0.3) is 0 Å². The Hall–Kier alpha value is -2.70. The van der Waals surface area contributed by atoms with Crippen LogP contribution < -0.4 is 14.7 Å². The van der Waals surface area contributed by atoms with Gasteiger partial charge in [-0.05, 0) is 30.7 Å². The summed E-state index contributed by atoms with van der Waals surface area (Å²) in [7, 11) is -4.28. The first kappa shape index (κ1) is 21.0. The number of thiazole rings is 1. The highest BCUT2D eigenvalue weighted by Crippen LogP contribution is 2.31. The van der Waals surface area contributed by atoms with Crippen molar-refractivity contribution in [2.75, 3.05) is 0 Å². The van der Waals surface area contributed by atoms with Gasteiger partial charge < -0.3 is 4.74 Å². The van der Waals surface area contributed by atoms with Gasteiger partial charge in [0.15, 0.2) is 0 Å². The molecule has 0 amide bonds. The Labute approximate surface area is 165 Å². The van der Waals surface area contributed by atoms with Gasteiger partial charge >= 0.3 is 11.2 Å². The molecule has 0 saturated carbocycles. The van der Waals surface area contributed by atoms with Crippen molar-refractivity contribution in [1.82, 2.24) is 4.57 Å². The van der Waals surface area contributed by atoms with E-state index in [4.69, 9.17) is 5.14 Å². The smallest absolute Gasteiger partial charge is 0.405 e. The molecular formula is C17H12F4N2O4S2. The summed E-state index contributed by atoms with van der Waals surface area (Å²) >= 11 is 0.738. The molecule has 6 nitrogen and oxygen atoms in total. The van der Waals surface area contributed by atoms with E-state index in [0.29, 0.717) is 0 Å². The number of benzene rings is 2. The first-order chi connectivity index (χ1) is 13.4. The van der Waals surface area contributed by atoms with E-state index >= 15 is 0 Å². The number of aromatic nitrogens is 1. The van der Waals surface area contributed by atoms with Crippen molar-refractivity contribution in [2.45, 2.75) is 18.2 Å². The molecule has 154 valence electrons. The minimum atomic E-state index is -4.92. The van der Waals surface area contributed by atoms with Gasteiger partial charge in [-0.25, -0.2) is 17.9 Å². The molecule has 1 aromatic heterocycles. The van der Waals surface area contributed by atoms with Crippen LogP contribution in [0.5, 0.6) is 5.75 Å². The summed E-state index contributed by atoms with van der Waals surface area (Å²) in [6.45, 7) is 1.41. The van der Waals surface area contributed by atoms with Crippen molar-refractivity contribution >= 4 is 21.4 Å². The SMILES string of the molecule is Cc1ccc(-n2c(-c3ccc(S(N)(=O)=O)c(F)c3)csc2=O)cc1OC(F)(F)F. The number of rotatable bonds is 4. The van der Waals surface area contributed by atoms with Gasteiger partial charge in [0.1, 0.15) is 16.5 Å². The largest absolute Gasteiger partial charge is 0.573 e. The highest BCUT2D eigenvalue weighted by Gasteiger charge is 2.32. The Kier molecular flexibility index (Phi) is 5.28. The molecule has 0 unspecified atom stereocenters. The lowest BCUT2D eigenvalue weighted by molar-refractivity contribution is -0.274. The molecule has 2 aromatic carbocycles. The molecule has 0 fully saturated rings. The summed E-state index contributed by atoms with van der Waals surface area (Å²) < 4.78 is 79.8. The summed E-state index contributed by atoms with van der Waals surface area (Å²) in [6.07, 6.45) is -4.92. The van der Waals surface area contributed by atoms with Crippen molar-refractivity contribution in [1.29, 1.82) is 0 Å². The lowest BCUT2D eigenvalue weighted by Gasteiger charge is -2.14. The third kappa shape index (κ3) is 4.49. The van der Waals surface area contributed by atoms with Gasteiger partial charge in [-0.1, -0.05) is 23.5 Å². The van der Waals surface area contributed by atoms with Gasteiger partial charge in [-0.3, -0.25) is 9.36 Å². The molecule has 0 atom stereocenters. The number of aryl methyl sites for hydroxylation is 1. The van der Waals surface area contributed by atoms with E-state index in [-0.39, 0.29) is 22.5 Å². The summed E-state index contributed by atoms with van der Waals surface area (Å²) in [4.78, 5) is 11.1. The second-order valence-corrected chi connectivity index (χ2v) is 8.26. The van der Waals surface area contributed by atoms with Crippen molar-refractivity contribution in [2.24, 2.45) is 5.14 Å². The predicted octanol–water partition coefficient (Wildman–Crippen LogP) is 3.56. The zero-order valence-corrected chi connectivity index (χ0v) is 16.2. The van der Waals surface area contributed by atoms with Crippen LogP contribution in [0.25, 0.3) is 16.9 Å². The molecular weight excluding hydrogens is 436 g/mol. The molecule has 29 heavy (non-hydrogen) atoms. The number of primary sulfonamides is 1. The average Bonchev–Trinajstić information content (AvgIpc) is 2.96. The van der Waals surface area contributed by atoms with Gasteiger partial charge in [-0.2, -0.15) is 0 Å². The van der Waals surface area contributed by atoms with Crippen LogP contribution >= 0.6 is 11.3 Å². The second-order valence-electron chi connectivity index (χ2n) is 5.91. The molecule has 0 radical (unpaired) electrons. The third-order valence-electron chi connectivity index (χ3n) is 3.88. The van der Waals surface area contributed by atoms with Gasteiger partial charge in [0.2, 0.25) is 10.0 Å². The number of nitrogens with two attached hydrogens (primary N) is 1. The number of ether oxygens (including phenoxy) is 1. The van der Waals surface area contributed by atoms with Crippen LogP contribution in [-0.4, -0.2) is 19.3 Å². The van der Waals surface area contributed by atoms with E-state index < -0.39 is 37.7 Å².